The lowest BCUT2D eigenvalue weighted by molar-refractivity contribution is -0.143. The average molecular weight is 459 g/mol. The Kier molecular flexibility index (Phi) is 10.4. The van der Waals surface area contributed by atoms with Crippen molar-refractivity contribution in [2.75, 3.05) is 47.7 Å². The normalized spacial score (nSPS) is 10.4. The minimum absolute atomic E-state index is 0.269. The highest BCUT2D eigenvalue weighted by Crippen LogP contribution is 2.38. The first-order valence-corrected chi connectivity index (χ1v) is 10.3. The molecule has 9 heteroatoms. The Morgan fingerprint density at radius 1 is 0.909 bits per heavy atom. The van der Waals surface area contributed by atoms with Crippen LogP contribution in [0.25, 0.3) is 6.08 Å². The lowest BCUT2D eigenvalue weighted by Crippen LogP contribution is -2.31. The lowest BCUT2D eigenvalue weighted by atomic mass is 10.1. The second-order valence-electron chi connectivity index (χ2n) is 6.50. The van der Waals surface area contributed by atoms with Crippen LogP contribution in [0, 0.1) is 0 Å². The van der Waals surface area contributed by atoms with E-state index in [-0.39, 0.29) is 13.2 Å². The molecule has 0 bridgehead atoms. The van der Waals surface area contributed by atoms with E-state index >= 15 is 0 Å². The number of carbonyl (C=O) groups excluding carboxylic acids is 2. The number of benzene rings is 2. The summed E-state index contributed by atoms with van der Waals surface area (Å²) in [6.45, 7) is 2.65. The van der Waals surface area contributed by atoms with Crippen molar-refractivity contribution in [1.82, 2.24) is 5.32 Å². The molecular formula is C24H29NO8. The number of ether oxygens (including phenoxy) is 6. The van der Waals surface area contributed by atoms with Crippen LogP contribution in [-0.4, -0.2) is 59.6 Å². The van der Waals surface area contributed by atoms with Crippen molar-refractivity contribution < 1.29 is 38.0 Å². The van der Waals surface area contributed by atoms with Crippen LogP contribution in [0.15, 0.2) is 42.5 Å². The maximum atomic E-state index is 11.9. The summed E-state index contributed by atoms with van der Waals surface area (Å²) in [6, 6.07) is 10.6. The zero-order chi connectivity index (χ0) is 24.1. The maximum Gasteiger partial charge on any atom is 0.331 e. The van der Waals surface area contributed by atoms with Crippen LogP contribution in [0.2, 0.25) is 0 Å². The Bertz CT molecular complexity index is 915. The van der Waals surface area contributed by atoms with Crippen LogP contribution in [0.3, 0.4) is 0 Å². The molecule has 178 valence electrons. The van der Waals surface area contributed by atoms with Crippen LogP contribution in [0.4, 0.5) is 0 Å². The number of esters is 1. The predicted molar refractivity (Wildman–Crippen MR) is 122 cm³/mol. The van der Waals surface area contributed by atoms with E-state index in [9.17, 15) is 9.59 Å². The molecule has 0 heterocycles. The van der Waals surface area contributed by atoms with E-state index < -0.39 is 18.5 Å². The highest BCUT2D eigenvalue weighted by molar-refractivity contribution is 5.89. The van der Waals surface area contributed by atoms with Gasteiger partial charge >= 0.3 is 5.97 Å². The fourth-order valence-electron chi connectivity index (χ4n) is 2.76. The number of hydrogen-bond donors (Lipinski definition) is 1. The van der Waals surface area contributed by atoms with E-state index in [1.807, 2.05) is 19.1 Å². The molecule has 0 aliphatic carbocycles. The molecule has 9 nitrogen and oxygen atoms in total. The van der Waals surface area contributed by atoms with Crippen molar-refractivity contribution in [3.05, 3.63) is 48.0 Å². The molecular weight excluding hydrogens is 430 g/mol. The number of rotatable bonds is 13. The average Bonchev–Trinajstić information content (AvgIpc) is 2.84. The number of nitrogens with one attached hydrogen (secondary N) is 1. The first-order valence-electron chi connectivity index (χ1n) is 10.3. The number of methoxy groups -OCH3 is 3. The standard InChI is InChI=1S/C24H29NO8/c1-5-31-18-7-9-19(10-8-18)32-13-12-25-22(26)16-33-23(27)11-6-17-14-20(28-2)24(30-4)21(15-17)29-3/h6-11,14-15H,5,12-13,16H2,1-4H3,(H,25,26)/b11-6+. The van der Waals surface area contributed by atoms with Crippen molar-refractivity contribution in [2.24, 2.45) is 0 Å². The molecule has 2 aromatic carbocycles. The van der Waals surface area contributed by atoms with Crippen molar-refractivity contribution in [3.8, 4) is 28.7 Å². The van der Waals surface area contributed by atoms with E-state index in [0.29, 0.717) is 35.2 Å². The van der Waals surface area contributed by atoms with Crippen molar-refractivity contribution >= 4 is 18.0 Å². The Balaban J connectivity index is 1.73. The Morgan fingerprint density at radius 3 is 2.06 bits per heavy atom. The third-order valence-electron chi connectivity index (χ3n) is 4.27. The molecule has 2 rings (SSSR count). The summed E-state index contributed by atoms with van der Waals surface area (Å²) in [6.07, 6.45) is 2.73. The third kappa shape index (κ3) is 8.29. The van der Waals surface area contributed by atoms with Gasteiger partial charge in [-0.2, -0.15) is 0 Å². The summed E-state index contributed by atoms with van der Waals surface area (Å²) in [5.74, 6) is 1.69. The van der Waals surface area contributed by atoms with Gasteiger partial charge in [-0.3, -0.25) is 4.79 Å². The molecule has 33 heavy (non-hydrogen) atoms. The summed E-state index contributed by atoms with van der Waals surface area (Å²) in [5, 5.41) is 2.62. The van der Waals surface area contributed by atoms with Crippen LogP contribution in [-0.2, 0) is 14.3 Å². The lowest BCUT2D eigenvalue weighted by Gasteiger charge is -2.12. The fourth-order valence-corrected chi connectivity index (χ4v) is 2.76. The summed E-state index contributed by atoms with van der Waals surface area (Å²) < 4.78 is 31.7. The molecule has 0 aromatic heterocycles. The van der Waals surface area contributed by atoms with Gasteiger partial charge in [0.1, 0.15) is 18.1 Å². The van der Waals surface area contributed by atoms with Gasteiger partial charge in [0.25, 0.3) is 5.91 Å². The highest BCUT2D eigenvalue weighted by Gasteiger charge is 2.12. The summed E-state index contributed by atoms with van der Waals surface area (Å²) in [7, 11) is 4.51. The van der Waals surface area contributed by atoms with Crippen molar-refractivity contribution in [1.29, 1.82) is 0 Å². The van der Waals surface area contributed by atoms with Crippen molar-refractivity contribution in [2.45, 2.75) is 6.92 Å². The maximum absolute atomic E-state index is 11.9. The minimum Gasteiger partial charge on any atom is -0.494 e. The Hall–Kier alpha value is -3.88. The van der Waals surface area contributed by atoms with Crippen LogP contribution < -0.4 is 29.0 Å². The largest absolute Gasteiger partial charge is 0.494 e. The Morgan fingerprint density at radius 2 is 1.52 bits per heavy atom. The first-order chi connectivity index (χ1) is 16.0. The van der Waals surface area contributed by atoms with Gasteiger partial charge in [-0.15, -0.1) is 0 Å². The fraction of sp³-hybridized carbons (Fsp3) is 0.333. The van der Waals surface area contributed by atoms with Crippen LogP contribution >= 0.6 is 0 Å². The molecule has 0 aliphatic heterocycles. The summed E-state index contributed by atoms with van der Waals surface area (Å²) in [4.78, 5) is 23.8. The monoisotopic (exact) mass is 459 g/mol. The highest BCUT2D eigenvalue weighted by atomic mass is 16.5. The van der Waals surface area contributed by atoms with Gasteiger partial charge < -0.3 is 33.7 Å². The third-order valence-corrected chi connectivity index (χ3v) is 4.27. The molecule has 1 N–H and O–H groups in total. The van der Waals surface area contributed by atoms with Gasteiger partial charge in [-0.05, 0) is 55.0 Å². The number of carbonyl (C=O) groups is 2. The van der Waals surface area contributed by atoms with Crippen LogP contribution in [0.1, 0.15) is 12.5 Å². The second kappa shape index (κ2) is 13.5. The van der Waals surface area contributed by atoms with Gasteiger partial charge in [0.05, 0.1) is 34.5 Å². The van der Waals surface area contributed by atoms with Gasteiger partial charge in [-0.1, -0.05) is 0 Å². The molecule has 0 saturated carbocycles. The number of hydrogen-bond acceptors (Lipinski definition) is 8. The molecule has 0 atom stereocenters. The van der Waals surface area contributed by atoms with E-state index in [0.717, 1.165) is 5.75 Å². The van der Waals surface area contributed by atoms with Gasteiger partial charge in [-0.25, -0.2) is 4.79 Å². The molecule has 0 fully saturated rings. The summed E-state index contributed by atoms with van der Waals surface area (Å²) in [5.41, 5.74) is 0.636. The zero-order valence-corrected chi connectivity index (χ0v) is 19.2. The van der Waals surface area contributed by atoms with Crippen LogP contribution in [0.5, 0.6) is 28.7 Å². The van der Waals surface area contributed by atoms with E-state index in [1.165, 1.54) is 33.5 Å². The predicted octanol–water partition coefficient (Wildman–Crippen LogP) is 2.86. The number of amides is 1. The molecule has 0 unspecified atom stereocenters. The SMILES string of the molecule is CCOc1ccc(OCCNC(=O)COC(=O)/C=C/c2cc(OC)c(OC)c(OC)c2)cc1. The zero-order valence-electron chi connectivity index (χ0n) is 19.2. The van der Waals surface area contributed by atoms with E-state index in [2.05, 4.69) is 5.32 Å². The summed E-state index contributed by atoms with van der Waals surface area (Å²) >= 11 is 0. The van der Waals surface area contributed by atoms with Gasteiger partial charge in [0.15, 0.2) is 18.1 Å². The molecule has 0 aliphatic rings. The van der Waals surface area contributed by atoms with E-state index in [1.54, 1.807) is 24.3 Å². The van der Waals surface area contributed by atoms with Gasteiger partial charge in [0, 0.05) is 6.08 Å². The molecule has 2 aromatic rings. The van der Waals surface area contributed by atoms with E-state index in [4.69, 9.17) is 28.4 Å². The minimum atomic E-state index is -0.662. The molecule has 0 radical (unpaired) electrons. The second-order valence-corrected chi connectivity index (χ2v) is 6.50. The molecule has 1 amide bonds. The van der Waals surface area contributed by atoms with Gasteiger partial charge in [0.2, 0.25) is 5.75 Å². The molecule has 0 spiro atoms. The topological polar surface area (TPSA) is 102 Å². The first kappa shape index (κ1) is 25.4. The van der Waals surface area contributed by atoms with Crippen molar-refractivity contribution in [3.63, 3.8) is 0 Å². The smallest absolute Gasteiger partial charge is 0.331 e. The molecule has 0 saturated heterocycles. The Labute approximate surface area is 193 Å². The quantitative estimate of drug-likeness (QED) is 0.277.